The number of likely N-dealkylation sites (tertiary alicyclic amines) is 1. The normalized spacial score (nSPS) is 17.9. The van der Waals surface area contributed by atoms with Crippen molar-refractivity contribution in [2.75, 3.05) is 6.54 Å². The predicted octanol–water partition coefficient (Wildman–Crippen LogP) is 1.96. The Morgan fingerprint density at radius 2 is 2.08 bits per heavy atom. The SMILES string of the molecule is CC1(C)CCCN1C(=O)Cn1cc(C(O)Cc2ccccc2)nn1. The van der Waals surface area contributed by atoms with E-state index in [-0.39, 0.29) is 18.0 Å². The highest BCUT2D eigenvalue weighted by Crippen LogP contribution is 2.28. The first-order chi connectivity index (χ1) is 11.5. The number of benzene rings is 1. The van der Waals surface area contributed by atoms with E-state index in [1.54, 1.807) is 6.20 Å². The molecule has 1 fully saturated rings. The van der Waals surface area contributed by atoms with E-state index in [0.717, 1.165) is 24.9 Å². The Labute approximate surface area is 142 Å². The second-order valence-corrected chi connectivity index (χ2v) is 7.01. The van der Waals surface area contributed by atoms with Gasteiger partial charge in [0.2, 0.25) is 5.91 Å². The highest BCUT2D eigenvalue weighted by molar-refractivity contribution is 5.77. The Morgan fingerprint density at radius 3 is 2.75 bits per heavy atom. The fourth-order valence-corrected chi connectivity index (χ4v) is 3.28. The number of carbonyl (C=O) groups is 1. The van der Waals surface area contributed by atoms with Gasteiger partial charge in [-0.3, -0.25) is 4.79 Å². The summed E-state index contributed by atoms with van der Waals surface area (Å²) in [5, 5.41) is 18.3. The molecule has 0 aliphatic carbocycles. The summed E-state index contributed by atoms with van der Waals surface area (Å²) in [5.41, 5.74) is 1.44. The summed E-state index contributed by atoms with van der Waals surface area (Å²) in [6.07, 6.45) is 3.48. The molecule has 0 radical (unpaired) electrons. The smallest absolute Gasteiger partial charge is 0.244 e. The van der Waals surface area contributed by atoms with Crippen LogP contribution in [0.5, 0.6) is 0 Å². The van der Waals surface area contributed by atoms with Crippen molar-refractivity contribution in [2.45, 2.75) is 51.3 Å². The van der Waals surface area contributed by atoms with Gasteiger partial charge in [-0.25, -0.2) is 4.68 Å². The van der Waals surface area contributed by atoms with E-state index in [0.29, 0.717) is 12.1 Å². The highest BCUT2D eigenvalue weighted by Gasteiger charge is 2.35. The molecule has 2 heterocycles. The maximum Gasteiger partial charge on any atom is 0.244 e. The minimum Gasteiger partial charge on any atom is -0.386 e. The molecular weight excluding hydrogens is 304 g/mol. The van der Waals surface area contributed by atoms with E-state index in [1.807, 2.05) is 35.2 Å². The molecule has 1 saturated heterocycles. The molecule has 1 N–H and O–H groups in total. The zero-order valence-corrected chi connectivity index (χ0v) is 14.2. The van der Waals surface area contributed by atoms with Crippen molar-refractivity contribution in [3.8, 4) is 0 Å². The molecule has 1 unspecified atom stereocenters. The van der Waals surface area contributed by atoms with Gasteiger partial charge in [-0.1, -0.05) is 35.5 Å². The molecule has 1 amide bonds. The number of hydrogen-bond acceptors (Lipinski definition) is 4. The van der Waals surface area contributed by atoms with Gasteiger partial charge in [0.1, 0.15) is 18.3 Å². The number of carbonyl (C=O) groups excluding carboxylic acids is 1. The Balaban J connectivity index is 1.62. The van der Waals surface area contributed by atoms with E-state index < -0.39 is 6.10 Å². The number of aromatic nitrogens is 3. The highest BCUT2D eigenvalue weighted by atomic mass is 16.3. The molecular formula is C18H24N4O2. The van der Waals surface area contributed by atoms with Crippen LogP contribution in [0.1, 0.15) is 44.1 Å². The Hall–Kier alpha value is -2.21. The van der Waals surface area contributed by atoms with Gasteiger partial charge in [0, 0.05) is 18.5 Å². The van der Waals surface area contributed by atoms with Crippen molar-refractivity contribution in [2.24, 2.45) is 0 Å². The molecule has 24 heavy (non-hydrogen) atoms. The third-order valence-corrected chi connectivity index (χ3v) is 4.67. The molecule has 1 atom stereocenters. The molecule has 2 aromatic rings. The number of amides is 1. The van der Waals surface area contributed by atoms with Crippen molar-refractivity contribution in [3.05, 3.63) is 47.8 Å². The minimum atomic E-state index is -0.723. The van der Waals surface area contributed by atoms with Crippen LogP contribution in [-0.4, -0.2) is 43.0 Å². The van der Waals surface area contributed by atoms with Crippen molar-refractivity contribution >= 4 is 5.91 Å². The van der Waals surface area contributed by atoms with Gasteiger partial charge in [0.25, 0.3) is 0 Å². The molecule has 1 aromatic carbocycles. The van der Waals surface area contributed by atoms with Crippen LogP contribution in [0.3, 0.4) is 0 Å². The Bertz CT molecular complexity index is 696. The standard InChI is InChI=1S/C18H24N4O2/c1-18(2)9-6-10-22(18)17(24)13-21-12-15(19-20-21)16(23)11-14-7-4-3-5-8-14/h3-5,7-8,12,16,23H,6,9-11,13H2,1-2H3. The summed E-state index contributed by atoms with van der Waals surface area (Å²) in [5.74, 6) is 0.0477. The molecule has 0 bridgehead atoms. The van der Waals surface area contributed by atoms with Crippen LogP contribution >= 0.6 is 0 Å². The van der Waals surface area contributed by atoms with Crippen molar-refractivity contribution in [1.82, 2.24) is 19.9 Å². The second kappa shape index (κ2) is 6.73. The van der Waals surface area contributed by atoms with Crippen LogP contribution < -0.4 is 0 Å². The van der Waals surface area contributed by atoms with Crippen molar-refractivity contribution < 1.29 is 9.90 Å². The average Bonchev–Trinajstić information content (AvgIpc) is 3.14. The summed E-state index contributed by atoms with van der Waals surface area (Å²) in [6.45, 7) is 5.14. The monoisotopic (exact) mass is 328 g/mol. The number of nitrogens with zero attached hydrogens (tertiary/aromatic N) is 4. The van der Waals surface area contributed by atoms with Gasteiger partial charge in [-0.15, -0.1) is 5.10 Å². The van der Waals surface area contributed by atoms with Gasteiger partial charge in [-0.2, -0.15) is 0 Å². The lowest BCUT2D eigenvalue weighted by molar-refractivity contribution is -0.135. The first kappa shape index (κ1) is 16.6. The molecule has 3 rings (SSSR count). The van der Waals surface area contributed by atoms with Crippen LogP contribution in [0.15, 0.2) is 36.5 Å². The first-order valence-corrected chi connectivity index (χ1v) is 8.38. The van der Waals surface area contributed by atoms with Gasteiger partial charge in [0.15, 0.2) is 0 Å². The molecule has 6 nitrogen and oxygen atoms in total. The lowest BCUT2D eigenvalue weighted by atomic mass is 10.0. The zero-order chi connectivity index (χ0) is 17.2. The van der Waals surface area contributed by atoms with E-state index in [2.05, 4.69) is 24.2 Å². The zero-order valence-electron chi connectivity index (χ0n) is 14.2. The first-order valence-electron chi connectivity index (χ1n) is 8.38. The number of hydrogen-bond donors (Lipinski definition) is 1. The lowest BCUT2D eigenvalue weighted by Crippen LogP contribution is -2.44. The Kier molecular flexibility index (Phi) is 4.66. The lowest BCUT2D eigenvalue weighted by Gasteiger charge is -2.31. The predicted molar refractivity (Wildman–Crippen MR) is 90.2 cm³/mol. The summed E-state index contributed by atoms with van der Waals surface area (Å²) in [6, 6.07) is 9.75. The minimum absolute atomic E-state index is 0.0477. The topological polar surface area (TPSA) is 71.2 Å². The van der Waals surface area contributed by atoms with E-state index >= 15 is 0 Å². The Morgan fingerprint density at radius 1 is 1.33 bits per heavy atom. The third-order valence-electron chi connectivity index (χ3n) is 4.67. The summed E-state index contributed by atoms with van der Waals surface area (Å²) in [7, 11) is 0. The van der Waals surface area contributed by atoms with Gasteiger partial charge in [0.05, 0.1) is 6.20 Å². The van der Waals surface area contributed by atoms with Crippen LogP contribution in [0.25, 0.3) is 0 Å². The van der Waals surface area contributed by atoms with E-state index in [4.69, 9.17) is 0 Å². The van der Waals surface area contributed by atoms with Crippen molar-refractivity contribution in [1.29, 1.82) is 0 Å². The van der Waals surface area contributed by atoms with Gasteiger partial charge < -0.3 is 10.0 Å². The average molecular weight is 328 g/mol. The quantitative estimate of drug-likeness (QED) is 0.911. The van der Waals surface area contributed by atoms with Crippen LogP contribution in [-0.2, 0) is 17.8 Å². The van der Waals surface area contributed by atoms with Crippen molar-refractivity contribution in [3.63, 3.8) is 0 Å². The second-order valence-electron chi connectivity index (χ2n) is 7.01. The van der Waals surface area contributed by atoms with Crippen LogP contribution in [0, 0.1) is 0 Å². The van der Waals surface area contributed by atoms with Gasteiger partial charge in [-0.05, 0) is 32.3 Å². The van der Waals surface area contributed by atoms with Crippen LogP contribution in [0.4, 0.5) is 0 Å². The summed E-state index contributed by atoms with van der Waals surface area (Å²) >= 11 is 0. The fraction of sp³-hybridized carbons (Fsp3) is 0.500. The van der Waals surface area contributed by atoms with E-state index in [1.165, 1.54) is 4.68 Å². The van der Waals surface area contributed by atoms with E-state index in [9.17, 15) is 9.90 Å². The molecule has 128 valence electrons. The fourth-order valence-electron chi connectivity index (χ4n) is 3.28. The van der Waals surface area contributed by atoms with Crippen LogP contribution in [0.2, 0.25) is 0 Å². The molecule has 1 aliphatic rings. The number of rotatable bonds is 5. The maximum absolute atomic E-state index is 12.5. The molecule has 1 aliphatic heterocycles. The summed E-state index contributed by atoms with van der Waals surface area (Å²) in [4.78, 5) is 14.4. The number of aliphatic hydroxyl groups is 1. The van der Waals surface area contributed by atoms with Gasteiger partial charge >= 0.3 is 0 Å². The molecule has 0 spiro atoms. The summed E-state index contributed by atoms with van der Waals surface area (Å²) < 4.78 is 1.51. The molecule has 0 saturated carbocycles. The molecule has 6 heteroatoms. The molecule has 1 aromatic heterocycles. The largest absolute Gasteiger partial charge is 0.386 e. The number of aliphatic hydroxyl groups excluding tert-OH is 1. The maximum atomic E-state index is 12.5. The third kappa shape index (κ3) is 3.64.